The average molecular weight is 364 g/mol. The molecular formula is C16H20N4O4S. The molecule has 0 radical (unpaired) electrons. The normalized spacial score (nSPS) is 15.3. The van der Waals surface area contributed by atoms with Crippen molar-refractivity contribution in [2.75, 3.05) is 37.4 Å². The lowest BCUT2D eigenvalue weighted by Gasteiger charge is -2.40. The molecule has 0 bridgehead atoms. The minimum absolute atomic E-state index is 0.124. The van der Waals surface area contributed by atoms with Gasteiger partial charge in [0.25, 0.3) is 10.1 Å². The molecule has 1 aliphatic heterocycles. The van der Waals surface area contributed by atoms with Crippen LogP contribution >= 0.6 is 0 Å². The van der Waals surface area contributed by atoms with Crippen molar-refractivity contribution in [2.24, 2.45) is 5.73 Å². The first-order valence-electron chi connectivity index (χ1n) is 7.86. The molecule has 2 heterocycles. The molecule has 134 valence electrons. The number of primary amides is 1. The molecule has 3 N–H and O–H groups in total. The number of pyridine rings is 1. The Kier molecular flexibility index (Phi) is 4.89. The van der Waals surface area contributed by atoms with Crippen LogP contribution in [0.3, 0.4) is 0 Å². The topological polar surface area (TPSA) is 115 Å². The fraction of sp³-hybridized carbons (Fsp3) is 0.375. The zero-order chi connectivity index (χ0) is 18.0. The molecule has 1 aromatic carbocycles. The minimum Gasteiger partial charge on any atom is -0.366 e. The van der Waals surface area contributed by atoms with E-state index in [1.54, 1.807) is 12.1 Å². The molecule has 0 spiro atoms. The zero-order valence-corrected chi connectivity index (χ0v) is 14.6. The van der Waals surface area contributed by atoms with Gasteiger partial charge in [0.2, 0.25) is 5.91 Å². The predicted octanol–water partition coefficient (Wildman–Crippen LogP) is 0.0881. The summed E-state index contributed by atoms with van der Waals surface area (Å²) in [5.74, 6) is 0.365. The molecule has 3 rings (SSSR count). The summed E-state index contributed by atoms with van der Waals surface area (Å²) >= 11 is 0. The molecule has 1 amide bonds. The van der Waals surface area contributed by atoms with E-state index >= 15 is 0 Å². The van der Waals surface area contributed by atoms with Crippen LogP contribution in [0, 0.1) is 0 Å². The Balaban J connectivity index is 1.57. The smallest absolute Gasteiger partial charge is 0.264 e. The molecule has 1 aliphatic rings. The molecule has 1 fully saturated rings. The van der Waals surface area contributed by atoms with Crippen molar-refractivity contribution in [1.82, 2.24) is 10.3 Å². The van der Waals surface area contributed by atoms with Crippen LogP contribution in [-0.4, -0.2) is 57.8 Å². The van der Waals surface area contributed by atoms with E-state index in [4.69, 9.17) is 5.73 Å². The molecule has 1 saturated heterocycles. The highest BCUT2D eigenvalue weighted by molar-refractivity contribution is 7.85. The number of carbonyl (C=O) groups is 1. The van der Waals surface area contributed by atoms with Crippen molar-refractivity contribution in [3.05, 3.63) is 35.9 Å². The minimum atomic E-state index is -3.39. The lowest BCUT2D eigenvalue weighted by Crippen LogP contribution is -2.58. The second-order valence-corrected chi connectivity index (χ2v) is 7.63. The molecule has 0 saturated carbocycles. The molecule has 25 heavy (non-hydrogen) atoms. The number of amides is 1. The number of benzene rings is 1. The van der Waals surface area contributed by atoms with Crippen LogP contribution in [0.1, 0.15) is 10.4 Å². The Morgan fingerprint density at radius 1 is 1.36 bits per heavy atom. The van der Waals surface area contributed by atoms with Crippen LogP contribution in [0.25, 0.3) is 10.9 Å². The van der Waals surface area contributed by atoms with Gasteiger partial charge in [0.1, 0.15) is 5.82 Å². The molecule has 0 atom stereocenters. The third-order valence-corrected chi connectivity index (χ3v) is 4.62. The number of hydrogen-bond donors (Lipinski definition) is 2. The maximum Gasteiger partial charge on any atom is 0.264 e. The highest BCUT2D eigenvalue weighted by Gasteiger charge is 2.27. The van der Waals surface area contributed by atoms with Gasteiger partial charge in [-0.2, -0.15) is 8.42 Å². The van der Waals surface area contributed by atoms with E-state index in [9.17, 15) is 13.2 Å². The fourth-order valence-electron chi connectivity index (χ4n) is 2.79. The van der Waals surface area contributed by atoms with Gasteiger partial charge >= 0.3 is 0 Å². The maximum atomic E-state index is 11.5. The summed E-state index contributed by atoms with van der Waals surface area (Å²) in [5.41, 5.74) is 6.58. The van der Waals surface area contributed by atoms with Crippen molar-refractivity contribution in [1.29, 1.82) is 0 Å². The molecule has 0 aliphatic carbocycles. The van der Waals surface area contributed by atoms with Gasteiger partial charge in [-0.25, -0.2) is 4.98 Å². The van der Waals surface area contributed by atoms with Gasteiger partial charge in [-0.3, -0.25) is 8.98 Å². The summed E-state index contributed by atoms with van der Waals surface area (Å²) in [7, 11) is -3.39. The number of nitrogens with one attached hydrogen (secondary N) is 1. The molecule has 2 aromatic rings. The summed E-state index contributed by atoms with van der Waals surface area (Å²) in [6.45, 7) is 2.14. The average Bonchev–Trinajstić information content (AvgIpc) is 2.50. The first-order chi connectivity index (χ1) is 11.8. The highest BCUT2D eigenvalue weighted by atomic mass is 32.2. The molecule has 1 aromatic heterocycles. The van der Waals surface area contributed by atoms with Crippen molar-refractivity contribution in [3.63, 3.8) is 0 Å². The summed E-state index contributed by atoms with van der Waals surface area (Å²) in [6, 6.07) is 9.30. The summed E-state index contributed by atoms with van der Waals surface area (Å²) < 4.78 is 26.4. The van der Waals surface area contributed by atoms with Crippen molar-refractivity contribution in [3.8, 4) is 0 Å². The first kappa shape index (κ1) is 17.6. The number of rotatable bonds is 7. The largest absolute Gasteiger partial charge is 0.366 e. The lowest BCUT2D eigenvalue weighted by molar-refractivity contribution is 0.100. The third kappa shape index (κ3) is 4.25. The predicted molar refractivity (Wildman–Crippen MR) is 95.1 cm³/mol. The Bertz CT molecular complexity index is 894. The molecular weight excluding hydrogens is 344 g/mol. The lowest BCUT2D eigenvalue weighted by atomic mass is 10.1. The SMILES string of the molecule is CS(=O)(=O)OCCNC1CN(c2ccc3c(C(N)=O)cccc3n2)C1. The third-order valence-electron chi connectivity index (χ3n) is 4.02. The Labute approximate surface area is 146 Å². The van der Waals surface area contributed by atoms with E-state index in [0.717, 1.165) is 36.1 Å². The van der Waals surface area contributed by atoms with E-state index in [1.165, 1.54) is 0 Å². The number of hydrogen-bond acceptors (Lipinski definition) is 7. The van der Waals surface area contributed by atoms with Crippen molar-refractivity contribution in [2.45, 2.75) is 6.04 Å². The molecule has 8 nitrogen and oxygen atoms in total. The monoisotopic (exact) mass is 364 g/mol. The van der Waals surface area contributed by atoms with Crippen LogP contribution in [-0.2, 0) is 14.3 Å². The van der Waals surface area contributed by atoms with E-state index in [-0.39, 0.29) is 12.6 Å². The van der Waals surface area contributed by atoms with Gasteiger partial charge in [0, 0.05) is 36.6 Å². The number of nitrogens with zero attached hydrogens (tertiary/aromatic N) is 2. The summed E-state index contributed by atoms with van der Waals surface area (Å²) in [4.78, 5) is 18.2. The summed E-state index contributed by atoms with van der Waals surface area (Å²) in [6.07, 6.45) is 1.03. The Hall–Kier alpha value is -2.23. The van der Waals surface area contributed by atoms with Crippen molar-refractivity contribution < 1.29 is 17.4 Å². The number of anilines is 1. The fourth-order valence-corrected chi connectivity index (χ4v) is 3.17. The van der Waals surface area contributed by atoms with Gasteiger partial charge in [0.15, 0.2) is 0 Å². The van der Waals surface area contributed by atoms with Crippen molar-refractivity contribution >= 4 is 32.7 Å². The quantitative estimate of drug-likeness (QED) is 0.528. The van der Waals surface area contributed by atoms with Gasteiger partial charge in [0.05, 0.1) is 18.4 Å². The van der Waals surface area contributed by atoms with Crippen LogP contribution in [0.4, 0.5) is 5.82 Å². The van der Waals surface area contributed by atoms with E-state index in [0.29, 0.717) is 12.1 Å². The Morgan fingerprint density at radius 3 is 2.80 bits per heavy atom. The van der Waals surface area contributed by atoms with Crippen LogP contribution in [0.2, 0.25) is 0 Å². The molecule has 9 heteroatoms. The van der Waals surface area contributed by atoms with Gasteiger partial charge in [-0.15, -0.1) is 0 Å². The van der Waals surface area contributed by atoms with E-state index < -0.39 is 16.0 Å². The van der Waals surface area contributed by atoms with Crippen LogP contribution in [0.15, 0.2) is 30.3 Å². The Morgan fingerprint density at radius 2 is 2.12 bits per heavy atom. The zero-order valence-electron chi connectivity index (χ0n) is 13.8. The first-order valence-corrected chi connectivity index (χ1v) is 9.67. The van der Waals surface area contributed by atoms with Gasteiger partial charge in [-0.1, -0.05) is 6.07 Å². The second kappa shape index (κ2) is 6.95. The van der Waals surface area contributed by atoms with Crippen LogP contribution < -0.4 is 16.0 Å². The standard InChI is InChI=1S/C16H20N4O4S/c1-25(22,23)24-8-7-18-11-9-20(10-11)15-6-5-12-13(16(17)21)3-2-4-14(12)19-15/h2-6,11,18H,7-10H2,1H3,(H2,17,21). The number of nitrogens with two attached hydrogens (primary N) is 1. The maximum absolute atomic E-state index is 11.5. The summed E-state index contributed by atoms with van der Waals surface area (Å²) in [5, 5.41) is 3.98. The highest BCUT2D eigenvalue weighted by Crippen LogP contribution is 2.24. The van der Waals surface area contributed by atoms with Gasteiger partial charge < -0.3 is 16.0 Å². The van der Waals surface area contributed by atoms with E-state index in [1.807, 2.05) is 18.2 Å². The second-order valence-electron chi connectivity index (χ2n) is 5.99. The number of carbonyl (C=O) groups excluding carboxylic acids is 1. The van der Waals surface area contributed by atoms with Gasteiger partial charge in [-0.05, 0) is 24.3 Å². The number of fused-ring (bicyclic) bond motifs is 1. The molecule has 0 unspecified atom stereocenters. The van der Waals surface area contributed by atoms with E-state index in [2.05, 4.69) is 19.4 Å². The van der Waals surface area contributed by atoms with Crippen LogP contribution in [0.5, 0.6) is 0 Å². The number of aromatic nitrogens is 1.